The molecule has 0 bridgehead atoms. The zero-order chi connectivity index (χ0) is 23.1. The van der Waals surface area contributed by atoms with E-state index in [9.17, 15) is 14.4 Å². The van der Waals surface area contributed by atoms with Crippen molar-refractivity contribution in [2.45, 2.75) is 53.6 Å². The number of ether oxygens (including phenoxy) is 2. The van der Waals surface area contributed by atoms with Gasteiger partial charge in [-0.25, -0.2) is 9.59 Å². The lowest BCUT2D eigenvalue weighted by Gasteiger charge is -2.18. The zero-order valence-electron chi connectivity index (χ0n) is 19.0. The standard InChI is InChI=1S/C23H31N3O5/c1-14(2)11-19(22(28)30-6)24-20(27)13-31-23(29)21-16(4)25-26(17(21)5)12-18-9-7-15(3)8-10-18/h7-10,14,19H,11-13H2,1-6H3,(H,24,27)/t19-/m0/s1. The first-order valence-corrected chi connectivity index (χ1v) is 10.3. The molecule has 1 atom stereocenters. The maximum absolute atomic E-state index is 12.6. The summed E-state index contributed by atoms with van der Waals surface area (Å²) in [7, 11) is 1.27. The van der Waals surface area contributed by atoms with Gasteiger partial charge in [0.1, 0.15) is 11.6 Å². The topological polar surface area (TPSA) is 99.5 Å². The van der Waals surface area contributed by atoms with Gasteiger partial charge in [-0.05, 0) is 38.7 Å². The number of methoxy groups -OCH3 is 1. The second-order valence-corrected chi connectivity index (χ2v) is 8.04. The number of hydrogen-bond acceptors (Lipinski definition) is 6. The molecule has 0 aliphatic rings. The number of amides is 1. The van der Waals surface area contributed by atoms with Crippen LogP contribution in [0, 0.1) is 26.7 Å². The molecule has 0 saturated heterocycles. The van der Waals surface area contributed by atoms with E-state index in [4.69, 9.17) is 9.47 Å². The minimum absolute atomic E-state index is 0.177. The Bertz CT molecular complexity index is 931. The fraction of sp³-hybridized carbons (Fsp3) is 0.478. The highest BCUT2D eigenvalue weighted by Crippen LogP contribution is 2.16. The largest absolute Gasteiger partial charge is 0.467 e. The van der Waals surface area contributed by atoms with Gasteiger partial charge in [-0.3, -0.25) is 9.48 Å². The van der Waals surface area contributed by atoms with Crippen molar-refractivity contribution < 1.29 is 23.9 Å². The summed E-state index contributed by atoms with van der Waals surface area (Å²) < 4.78 is 11.7. The van der Waals surface area contributed by atoms with E-state index < -0.39 is 30.5 Å². The Labute approximate surface area is 182 Å². The lowest BCUT2D eigenvalue weighted by molar-refractivity contribution is -0.145. The SMILES string of the molecule is COC(=O)[C@H](CC(C)C)NC(=O)COC(=O)c1c(C)nn(Cc2ccc(C)cc2)c1C. The molecule has 0 spiro atoms. The molecule has 0 aliphatic heterocycles. The van der Waals surface area contributed by atoms with Gasteiger partial charge in [0.25, 0.3) is 5.91 Å². The molecule has 0 aliphatic carbocycles. The normalized spacial score (nSPS) is 11.8. The number of rotatable bonds is 9. The van der Waals surface area contributed by atoms with E-state index in [0.29, 0.717) is 29.9 Å². The van der Waals surface area contributed by atoms with Gasteiger partial charge in [-0.1, -0.05) is 43.7 Å². The van der Waals surface area contributed by atoms with Crippen molar-refractivity contribution in [3.05, 3.63) is 52.3 Å². The molecule has 0 unspecified atom stereocenters. The van der Waals surface area contributed by atoms with Crippen LogP contribution in [0.5, 0.6) is 0 Å². The van der Waals surface area contributed by atoms with Gasteiger partial charge in [-0.2, -0.15) is 5.10 Å². The van der Waals surface area contributed by atoms with Crippen LogP contribution in [0.1, 0.15) is 53.1 Å². The number of carbonyl (C=O) groups excluding carboxylic acids is 3. The Morgan fingerprint density at radius 2 is 1.74 bits per heavy atom. The number of benzene rings is 1. The monoisotopic (exact) mass is 429 g/mol. The van der Waals surface area contributed by atoms with Crippen LogP contribution in [0.25, 0.3) is 0 Å². The lowest BCUT2D eigenvalue weighted by atomic mass is 10.0. The van der Waals surface area contributed by atoms with Gasteiger partial charge in [0.15, 0.2) is 6.61 Å². The highest BCUT2D eigenvalue weighted by atomic mass is 16.5. The van der Waals surface area contributed by atoms with Crippen LogP contribution in [-0.4, -0.2) is 47.4 Å². The number of hydrogen-bond donors (Lipinski definition) is 1. The summed E-state index contributed by atoms with van der Waals surface area (Å²) in [5, 5.41) is 7.01. The smallest absolute Gasteiger partial charge is 0.342 e. The molecule has 1 N–H and O–H groups in total. The quantitative estimate of drug-likeness (QED) is 0.616. The fourth-order valence-electron chi connectivity index (χ4n) is 3.28. The first kappa shape index (κ1) is 24.1. The average Bonchev–Trinajstić information content (AvgIpc) is 2.99. The molecule has 8 nitrogen and oxygen atoms in total. The minimum Gasteiger partial charge on any atom is -0.467 e. The first-order chi connectivity index (χ1) is 14.6. The second-order valence-electron chi connectivity index (χ2n) is 8.04. The van der Waals surface area contributed by atoms with Crippen LogP contribution in [0.4, 0.5) is 0 Å². The zero-order valence-corrected chi connectivity index (χ0v) is 19.0. The Hall–Kier alpha value is -3.16. The van der Waals surface area contributed by atoms with Crippen LogP contribution in [-0.2, 0) is 25.6 Å². The Balaban J connectivity index is 2.01. The number of nitrogens with one attached hydrogen (secondary N) is 1. The fourth-order valence-corrected chi connectivity index (χ4v) is 3.28. The number of nitrogens with zero attached hydrogens (tertiary/aromatic N) is 2. The van der Waals surface area contributed by atoms with E-state index in [1.165, 1.54) is 12.7 Å². The molecule has 1 aromatic carbocycles. The molecule has 1 heterocycles. The van der Waals surface area contributed by atoms with Gasteiger partial charge in [-0.15, -0.1) is 0 Å². The number of aromatic nitrogens is 2. The summed E-state index contributed by atoms with van der Waals surface area (Å²) in [6.45, 7) is 9.44. The van der Waals surface area contributed by atoms with Crippen molar-refractivity contribution in [1.82, 2.24) is 15.1 Å². The van der Waals surface area contributed by atoms with Crippen LogP contribution >= 0.6 is 0 Å². The van der Waals surface area contributed by atoms with E-state index in [1.54, 1.807) is 18.5 Å². The summed E-state index contributed by atoms with van der Waals surface area (Å²) in [6, 6.07) is 7.30. The number of carbonyl (C=O) groups is 3. The van der Waals surface area contributed by atoms with Crippen molar-refractivity contribution in [3.63, 3.8) is 0 Å². The molecule has 2 aromatic rings. The molecule has 31 heavy (non-hydrogen) atoms. The van der Waals surface area contributed by atoms with Gasteiger partial charge in [0.2, 0.25) is 0 Å². The van der Waals surface area contributed by atoms with E-state index in [0.717, 1.165) is 5.56 Å². The molecule has 2 rings (SSSR count). The first-order valence-electron chi connectivity index (χ1n) is 10.3. The molecular weight excluding hydrogens is 398 g/mol. The molecule has 168 valence electrons. The molecule has 1 amide bonds. The van der Waals surface area contributed by atoms with Crippen molar-refractivity contribution in [2.24, 2.45) is 5.92 Å². The van der Waals surface area contributed by atoms with Crippen LogP contribution in [0.3, 0.4) is 0 Å². The second kappa shape index (κ2) is 10.7. The third-order valence-corrected chi connectivity index (χ3v) is 4.90. The van der Waals surface area contributed by atoms with Crippen molar-refractivity contribution in [2.75, 3.05) is 13.7 Å². The molecule has 0 radical (unpaired) electrons. The molecule has 8 heteroatoms. The van der Waals surface area contributed by atoms with Crippen molar-refractivity contribution in [3.8, 4) is 0 Å². The third kappa shape index (κ3) is 6.67. The van der Waals surface area contributed by atoms with Crippen LogP contribution in [0.15, 0.2) is 24.3 Å². The molecular formula is C23H31N3O5. The molecule has 0 fully saturated rings. The van der Waals surface area contributed by atoms with Crippen LogP contribution < -0.4 is 5.32 Å². The average molecular weight is 430 g/mol. The Morgan fingerprint density at radius 1 is 1.10 bits per heavy atom. The van der Waals surface area contributed by atoms with Gasteiger partial charge in [0, 0.05) is 0 Å². The van der Waals surface area contributed by atoms with E-state index in [1.807, 2.05) is 45.0 Å². The van der Waals surface area contributed by atoms with Gasteiger partial charge in [0.05, 0.1) is 25.0 Å². The summed E-state index contributed by atoms with van der Waals surface area (Å²) in [6.07, 6.45) is 0.427. The lowest BCUT2D eigenvalue weighted by Crippen LogP contribution is -2.44. The van der Waals surface area contributed by atoms with Gasteiger partial charge >= 0.3 is 11.9 Å². The number of aryl methyl sites for hydroxylation is 2. The Kier molecular flexibility index (Phi) is 8.36. The maximum atomic E-state index is 12.6. The predicted octanol–water partition coefficient (Wildman–Crippen LogP) is 2.72. The maximum Gasteiger partial charge on any atom is 0.342 e. The summed E-state index contributed by atoms with van der Waals surface area (Å²) in [4.78, 5) is 36.7. The van der Waals surface area contributed by atoms with E-state index >= 15 is 0 Å². The van der Waals surface area contributed by atoms with Crippen molar-refractivity contribution in [1.29, 1.82) is 0 Å². The summed E-state index contributed by atoms with van der Waals surface area (Å²) in [5.74, 6) is -1.54. The minimum atomic E-state index is -0.781. The van der Waals surface area contributed by atoms with Crippen LogP contribution in [0.2, 0.25) is 0 Å². The van der Waals surface area contributed by atoms with E-state index in [2.05, 4.69) is 10.4 Å². The third-order valence-electron chi connectivity index (χ3n) is 4.90. The highest BCUT2D eigenvalue weighted by Gasteiger charge is 2.25. The molecule has 0 saturated carbocycles. The summed E-state index contributed by atoms with van der Waals surface area (Å²) >= 11 is 0. The van der Waals surface area contributed by atoms with Crippen molar-refractivity contribution >= 4 is 17.8 Å². The van der Waals surface area contributed by atoms with Gasteiger partial charge < -0.3 is 14.8 Å². The summed E-state index contributed by atoms with van der Waals surface area (Å²) in [5.41, 5.74) is 3.77. The molecule has 1 aromatic heterocycles. The highest BCUT2D eigenvalue weighted by molar-refractivity contribution is 5.94. The van der Waals surface area contributed by atoms with E-state index in [-0.39, 0.29) is 5.92 Å². The number of esters is 2. The Morgan fingerprint density at radius 3 is 2.32 bits per heavy atom. The predicted molar refractivity (Wildman–Crippen MR) is 116 cm³/mol.